The van der Waals surface area contributed by atoms with Crippen LogP contribution in [0.3, 0.4) is 0 Å². The molecule has 0 aromatic heterocycles. The van der Waals surface area contributed by atoms with E-state index in [-0.39, 0.29) is 17.7 Å². The van der Waals surface area contributed by atoms with Gasteiger partial charge in [-0.25, -0.2) is 0 Å². The summed E-state index contributed by atoms with van der Waals surface area (Å²) in [4.78, 5) is 28.0. The summed E-state index contributed by atoms with van der Waals surface area (Å²) in [5, 5.41) is 3.08. The molecule has 2 aliphatic heterocycles. The number of nitrogens with zero attached hydrogens (tertiary/aromatic N) is 1. The van der Waals surface area contributed by atoms with Gasteiger partial charge < -0.3 is 10.1 Å². The van der Waals surface area contributed by atoms with Gasteiger partial charge in [0.15, 0.2) is 5.78 Å². The van der Waals surface area contributed by atoms with Crippen LogP contribution in [0.1, 0.15) is 33.2 Å². The minimum atomic E-state index is -0.616. The van der Waals surface area contributed by atoms with Crippen molar-refractivity contribution in [3.63, 3.8) is 0 Å². The van der Waals surface area contributed by atoms with Crippen molar-refractivity contribution < 1.29 is 14.3 Å². The van der Waals surface area contributed by atoms with E-state index < -0.39 is 5.41 Å². The highest BCUT2D eigenvalue weighted by Gasteiger charge is 2.51. The molecule has 0 radical (unpaired) electrons. The summed E-state index contributed by atoms with van der Waals surface area (Å²) in [7, 11) is 1.65. The molecular formula is C21H22N2O3. The predicted octanol–water partition coefficient (Wildman–Crippen LogP) is 2.51. The molecule has 2 atom stereocenters. The molecule has 134 valence electrons. The lowest BCUT2D eigenvalue weighted by Gasteiger charge is -2.27. The van der Waals surface area contributed by atoms with Crippen LogP contribution in [-0.2, 0) is 6.54 Å². The van der Waals surface area contributed by atoms with Crippen LogP contribution in [0, 0.1) is 5.41 Å². The van der Waals surface area contributed by atoms with Crippen molar-refractivity contribution in [2.75, 3.05) is 20.2 Å². The molecule has 1 amide bonds. The number of nitrogens with one attached hydrogen (secondary N) is 1. The summed E-state index contributed by atoms with van der Waals surface area (Å²) in [5.41, 5.74) is 1.55. The van der Waals surface area contributed by atoms with Gasteiger partial charge in [-0.15, -0.1) is 0 Å². The standard InChI is InChI=1S/C21H22N2O3/c1-21-13-23(11-14-7-9-15(26-2)10-8-14)12-18(21)22-20(25)17-6-4-3-5-16(17)19(21)24/h3-10,18H,11-13H2,1-2H3,(H,22,25)/t18-,21+/m1/s1. The van der Waals surface area contributed by atoms with E-state index in [9.17, 15) is 9.59 Å². The largest absolute Gasteiger partial charge is 0.497 e. The minimum Gasteiger partial charge on any atom is -0.497 e. The quantitative estimate of drug-likeness (QED) is 0.924. The van der Waals surface area contributed by atoms with Gasteiger partial charge in [-0.2, -0.15) is 0 Å². The highest BCUT2D eigenvalue weighted by Crippen LogP contribution is 2.37. The third-order valence-electron chi connectivity index (χ3n) is 5.57. The van der Waals surface area contributed by atoms with Crippen molar-refractivity contribution in [1.82, 2.24) is 10.2 Å². The van der Waals surface area contributed by atoms with E-state index in [1.807, 2.05) is 37.3 Å². The van der Waals surface area contributed by atoms with Crippen LogP contribution in [0.25, 0.3) is 0 Å². The van der Waals surface area contributed by atoms with E-state index in [0.717, 1.165) is 17.9 Å². The zero-order valence-electron chi connectivity index (χ0n) is 15.0. The molecule has 1 fully saturated rings. The van der Waals surface area contributed by atoms with Crippen LogP contribution in [0.5, 0.6) is 5.75 Å². The zero-order valence-corrected chi connectivity index (χ0v) is 15.0. The first-order valence-electron chi connectivity index (χ1n) is 8.81. The topological polar surface area (TPSA) is 58.6 Å². The van der Waals surface area contributed by atoms with Crippen LogP contribution >= 0.6 is 0 Å². The predicted molar refractivity (Wildman–Crippen MR) is 98.4 cm³/mol. The number of ketones is 1. The number of ether oxygens (including phenoxy) is 1. The van der Waals surface area contributed by atoms with E-state index in [4.69, 9.17) is 4.74 Å². The molecule has 2 heterocycles. The van der Waals surface area contributed by atoms with E-state index in [1.165, 1.54) is 0 Å². The summed E-state index contributed by atoms with van der Waals surface area (Å²) in [5.74, 6) is 0.717. The van der Waals surface area contributed by atoms with Crippen LogP contribution in [0.15, 0.2) is 48.5 Å². The minimum absolute atomic E-state index is 0.0497. The first-order valence-corrected chi connectivity index (χ1v) is 8.81. The average Bonchev–Trinajstić information content (AvgIpc) is 2.94. The maximum atomic E-state index is 13.2. The lowest BCUT2D eigenvalue weighted by Crippen LogP contribution is -2.47. The first-order chi connectivity index (χ1) is 12.5. The lowest BCUT2D eigenvalue weighted by molar-refractivity contribution is 0.0789. The van der Waals surface area contributed by atoms with Gasteiger partial charge in [0.25, 0.3) is 5.91 Å². The van der Waals surface area contributed by atoms with Crippen LogP contribution in [0.2, 0.25) is 0 Å². The Morgan fingerprint density at radius 1 is 1.12 bits per heavy atom. The third-order valence-corrected chi connectivity index (χ3v) is 5.57. The van der Waals surface area contributed by atoms with Gasteiger partial charge in [-0.1, -0.05) is 30.3 Å². The van der Waals surface area contributed by atoms with E-state index in [2.05, 4.69) is 10.2 Å². The number of rotatable bonds is 3. The molecule has 1 saturated heterocycles. The summed E-state index contributed by atoms with van der Waals surface area (Å²) >= 11 is 0. The Bertz CT molecular complexity index is 862. The molecule has 0 spiro atoms. The van der Waals surface area contributed by atoms with Crippen molar-refractivity contribution >= 4 is 11.7 Å². The zero-order chi connectivity index (χ0) is 18.3. The fraction of sp³-hybridized carbons (Fsp3) is 0.333. The molecule has 0 aliphatic carbocycles. The van der Waals surface area contributed by atoms with Crippen LogP contribution in [-0.4, -0.2) is 42.8 Å². The number of benzene rings is 2. The molecule has 2 aromatic carbocycles. The number of carbonyl (C=O) groups excluding carboxylic acids is 2. The molecule has 5 heteroatoms. The van der Waals surface area contributed by atoms with Crippen molar-refractivity contribution in [3.8, 4) is 5.75 Å². The lowest BCUT2D eigenvalue weighted by atomic mass is 9.78. The molecular weight excluding hydrogens is 328 g/mol. The second-order valence-corrected chi connectivity index (χ2v) is 7.34. The Morgan fingerprint density at radius 3 is 2.50 bits per heavy atom. The number of hydrogen-bond acceptors (Lipinski definition) is 4. The molecule has 26 heavy (non-hydrogen) atoms. The Labute approximate surface area is 153 Å². The van der Waals surface area contributed by atoms with Gasteiger partial charge >= 0.3 is 0 Å². The molecule has 1 N–H and O–H groups in total. The van der Waals surface area contributed by atoms with Gasteiger partial charge in [-0.3, -0.25) is 14.5 Å². The summed E-state index contributed by atoms with van der Waals surface area (Å²) in [6.45, 7) is 3.99. The molecule has 4 rings (SSSR count). The van der Waals surface area contributed by atoms with Crippen molar-refractivity contribution in [2.45, 2.75) is 19.5 Å². The highest BCUT2D eigenvalue weighted by atomic mass is 16.5. The Balaban J connectivity index is 1.59. The van der Waals surface area contributed by atoms with Crippen LogP contribution in [0.4, 0.5) is 0 Å². The molecule has 0 bridgehead atoms. The SMILES string of the molecule is COc1ccc(CN2C[C@H]3NC(=O)c4ccccc4C(=O)[C@@]3(C)C2)cc1. The van der Waals surface area contributed by atoms with Gasteiger partial charge in [0.1, 0.15) is 5.75 Å². The van der Waals surface area contributed by atoms with Crippen molar-refractivity contribution in [1.29, 1.82) is 0 Å². The number of hydrogen-bond donors (Lipinski definition) is 1. The molecule has 5 nitrogen and oxygen atoms in total. The van der Waals surface area contributed by atoms with Gasteiger partial charge in [0, 0.05) is 25.2 Å². The van der Waals surface area contributed by atoms with Gasteiger partial charge in [0.05, 0.1) is 24.1 Å². The normalized spacial score (nSPS) is 25.2. The van der Waals surface area contributed by atoms with Gasteiger partial charge in [0.2, 0.25) is 0 Å². The number of carbonyl (C=O) groups is 2. The van der Waals surface area contributed by atoms with Crippen molar-refractivity contribution in [3.05, 3.63) is 65.2 Å². The molecule has 2 aliphatic rings. The second kappa shape index (κ2) is 6.25. The maximum Gasteiger partial charge on any atom is 0.252 e. The summed E-state index contributed by atoms with van der Waals surface area (Å²) in [6.07, 6.45) is 0. The second-order valence-electron chi connectivity index (χ2n) is 7.34. The Morgan fingerprint density at radius 2 is 1.81 bits per heavy atom. The maximum absolute atomic E-state index is 13.2. The number of methoxy groups -OCH3 is 1. The van der Waals surface area contributed by atoms with E-state index in [0.29, 0.717) is 24.2 Å². The van der Waals surface area contributed by atoms with E-state index in [1.54, 1.807) is 25.3 Å². The Kier molecular flexibility index (Phi) is 4.04. The van der Waals surface area contributed by atoms with E-state index >= 15 is 0 Å². The molecule has 0 unspecified atom stereocenters. The number of Topliss-reactive ketones (excluding diaryl/α,β-unsaturated/α-hetero) is 1. The first kappa shape index (κ1) is 16.8. The Hall–Kier alpha value is -2.66. The number of likely N-dealkylation sites (tertiary alicyclic amines) is 1. The summed E-state index contributed by atoms with van der Waals surface area (Å²) in [6, 6.07) is 14.9. The fourth-order valence-corrected chi connectivity index (χ4v) is 4.07. The fourth-order valence-electron chi connectivity index (χ4n) is 4.07. The molecule has 0 saturated carbocycles. The van der Waals surface area contributed by atoms with Gasteiger partial charge in [-0.05, 0) is 30.7 Å². The monoisotopic (exact) mass is 350 g/mol. The number of amides is 1. The number of fused-ring (bicyclic) bond motifs is 2. The summed E-state index contributed by atoms with van der Waals surface area (Å²) < 4.78 is 5.20. The molecule has 2 aromatic rings. The van der Waals surface area contributed by atoms with Crippen molar-refractivity contribution in [2.24, 2.45) is 5.41 Å². The van der Waals surface area contributed by atoms with Crippen LogP contribution < -0.4 is 10.1 Å². The third kappa shape index (κ3) is 2.69. The highest BCUT2D eigenvalue weighted by molar-refractivity contribution is 6.12. The smallest absolute Gasteiger partial charge is 0.252 e. The average molecular weight is 350 g/mol.